The third kappa shape index (κ3) is 3.81. The molecule has 0 aliphatic rings. The lowest BCUT2D eigenvalue weighted by Crippen LogP contribution is -2.26. The Kier molecular flexibility index (Phi) is 5.26. The van der Waals surface area contributed by atoms with Gasteiger partial charge < -0.3 is 5.32 Å². The Balaban J connectivity index is 2.70. The molecule has 3 nitrogen and oxygen atoms in total. The fraction of sp³-hybridized carbons (Fsp3) is 0.615. The van der Waals surface area contributed by atoms with E-state index in [1.165, 1.54) is 5.56 Å². The molecule has 0 bridgehead atoms. The van der Waals surface area contributed by atoms with Gasteiger partial charge in [-0.25, -0.2) is 4.98 Å². The molecule has 1 rings (SSSR count). The van der Waals surface area contributed by atoms with E-state index >= 15 is 0 Å². The van der Waals surface area contributed by atoms with Gasteiger partial charge in [0.15, 0.2) is 0 Å². The zero-order chi connectivity index (χ0) is 12.0. The smallest absolute Gasteiger partial charge is 0.130 e. The average molecular weight is 221 g/mol. The highest BCUT2D eigenvalue weighted by Crippen LogP contribution is 2.14. The van der Waals surface area contributed by atoms with E-state index in [0.717, 1.165) is 25.3 Å². The summed E-state index contributed by atoms with van der Waals surface area (Å²) in [5, 5.41) is 3.37. The van der Waals surface area contributed by atoms with Crippen molar-refractivity contribution in [3.63, 3.8) is 0 Å². The minimum absolute atomic E-state index is 0.555. The number of pyridine rings is 1. The van der Waals surface area contributed by atoms with Crippen LogP contribution < -0.4 is 5.32 Å². The lowest BCUT2D eigenvalue weighted by Gasteiger charge is -2.22. The van der Waals surface area contributed by atoms with Gasteiger partial charge in [0.1, 0.15) is 5.82 Å². The van der Waals surface area contributed by atoms with Crippen LogP contribution in [0.25, 0.3) is 0 Å². The Morgan fingerprint density at radius 2 is 2.19 bits per heavy atom. The van der Waals surface area contributed by atoms with Gasteiger partial charge in [-0.05, 0) is 33.4 Å². The van der Waals surface area contributed by atoms with Crippen LogP contribution in [0.5, 0.6) is 0 Å². The summed E-state index contributed by atoms with van der Waals surface area (Å²) < 4.78 is 0. The largest absolute Gasteiger partial charge is 0.370 e. The predicted molar refractivity (Wildman–Crippen MR) is 69.6 cm³/mol. The lowest BCUT2D eigenvalue weighted by atomic mass is 10.2. The first kappa shape index (κ1) is 13.0. The Morgan fingerprint density at radius 3 is 2.81 bits per heavy atom. The highest BCUT2D eigenvalue weighted by atomic mass is 15.1. The molecule has 1 heterocycles. The molecule has 0 fully saturated rings. The first-order valence-corrected chi connectivity index (χ1v) is 6.03. The topological polar surface area (TPSA) is 28.2 Å². The van der Waals surface area contributed by atoms with E-state index in [1.54, 1.807) is 0 Å². The van der Waals surface area contributed by atoms with Gasteiger partial charge in [0, 0.05) is 30.9 Å². The summed E-state index contributed by atoms with van der Waals surface area (Å²) >= 11 is 0. The van der Waals surface area contributed by atoms with Crippen molar-refractivity contribution in [2.75, 3.05) is 18.9 Å². The van der Waals surface area contributed by atoms with Crippen LogP contribution in [0.3, 0.4) is 0 Å². The molecular formula is C13H23N3. The van der Waals surface area contributed by atoms with Gasteiger partial charge >= 0.3 is 0 Å². The van der Waals surface area contributed by atoms with Gasteiger partial charge in [0.05, 0.1) is 0 Å². The van der Waals surface area contributed by atoms with Gasteiger partial charge in [-0.1, -0.05) is 13.0 Å². The molecule has 0 aliphatic heterocycles. The molecule has 0 atom stereocenters. The number of anilines is 1. The van der Waals surface area contributed by atoms with Crippen molar-refractivity contribution in [1.82, 2.24) is 9.88 Å². The van der Waals surface area contributed by atoms with E-state index in [2.05, 4.69) is 49.1 Å². The summed E-state index contributed by atoms with van der Waals surface area (Å²) in [7, 11) is 2.14. The number of hydrogen-bond acceptors (Lipinski definition) is 3. The summed E-state index contributed by atoms with van der Waals surface area (Å²) in [4.78, 5) is 6.70. The molecule has 1 N–H and O–H groups in total. The molecule has 3 heteroatoms. The maximum atomic E-state index is 4.39. The van der Waals surface area contributed by atoms with Gasteiger partial charge in [0.25, 0.3) is 0 Å². The predicted octanol–water partition coefficient (Wildman–Crippen LogP) is 2.74. The Morgan fingerprint density at radius 1 is 1.44 bits per heavy atom. The molecule has 0 radical (unpaired) electrons. The summed E-state index contributed by atoms with van der Waals surface area (Å²) in [6.07, 6.45) is 2.97. The molecule has 1 aromatic heterocycles. The minimum Gasteiger partial charge on any atom is -0.370 e. The lowest BCUT2D eigenvalue weighted by molar-refractivity contribution is 0.266. The summed E-state index contributed by atoms with van der Waals surface area (Å²) in [6.45, 7) is 8.49. The molecule has 0 saturated carbocycles. The van der Waals surface area contributed by atoms with Crippen LogP contribution in [-0.4, -0.2) is 29.5 Å². The second-order valence-corrected chi connectivity index (χ2v) is 4.45. The van der Waals surface area contributed by atoms with Crippen LogP contribution in [0.2, 0.25) is 0 Å². The second-order valence-electron chi connectivity index (χ2n) is 4.45. The second kappa shape index (κ2) is 6.48. The number of nitrogens with zero attached hydrogens (tertiary/aromatic N) is 2. The van der Waals surface area contributed by atoms with E-state index in [-0.39, 0.29) is 0 Å². The summed E-state index contributed by atoms with van der Waals surface area (Å²) in [5.41, 5.74) is 1.27. The first-order chi connectivity index (χ1) is 7.65. The molecular weight excluding hydrogens is 198 g/mol. The molecule has 0 aliphatic carbocycles. The van der Waals surface area contributed by atoms with Crippen molar-refractivity contribution in [1.29, 1.82) is 0 Å². The van der Waals surface area contributed by atoms with Crippen molar-refractivity contribution >= 4 is 5.82 Å². The molecule has 0 spiro atoms. The fourth-order valence-electron chi connectivity index (χ4n) is 1.42. The third-order valence-electron chi connectivity index (χ3n) is 2.74. The van der Waals surface area contributed by atoms with Crippen LogP contribution in [0, 0.1) is 0 Å². The van der Waals surface area contributed by atoms with E-state index in [1.807, 2.05) is 12.3 Å². The number of hydrogen-bond donors (Lipinski definition) is 1. The number of aromatic nitrogens is 1. The highest BCUT2D eigenvalue weighted by Gasteiger charge is 2.08. The molecule has 1 aromatic rings. The quantitative estimate of drug-likeness (QED) is 0.800. The van der Waals surface area contributed by atoms with Crippen molar-refractivity contribution in [2.45, 2.75) is 39.8 Å². The molecule has 0 saturated heterocycles. The average Bonchev–Trinajstić information content (AvgIpc) is 2.27. The van der Waals surface area contributed by atoms with Crippen molar-refractivity contribution < 1.29 is 0 Å². The van der Waals surface area contributed by atoms with Gasteiger partial charge in [-0.3, -0.25) is 4.90 Å². The normalized spacial score (nSPS) is 11.1. The summed E-state index contributed by atoms with van der Waals surface area (Å²) in [5.74, 6) is 1.02. The Bertz CT molecular complexity index is 310. The van der Waals surface area contributed by atoms with Crippen LogP contribution in [0.15, 0.2) is 18.3 Å². The van der Waals surface area contributed by atoms with Crippen LogP contribution in [0.1, 0.15) is 32.8 Å². The zero-order valence-corrected chi connectivity index (χ0v) is 10.8. The maximum absolute atomic E-state index is 4.39. The summed E-state index contributed by atoms with van der Waals surface area (Å²) in [6, 6.07) is 4.70. The van der Waals surface area contributed by atoms with Crippen LogP contribution >= 0.6 is 0 Å². The van der Waals surface area contributed by atoms with Crippen molar-refractivity contribution in [3.8, 4) is 0 Å². The standard InChI is InChI=1S/C13H23N3/c1-5-8-14-13-12(7-6-9-15-13)10-16(4)11(2)3/h6-7,9,11H,5,8,10H2,1-4H3,(H,14,15). The Labute approximate surface area is 98.9 Å². The SMILES string of the molecule is CCCNc1ncccc1CN(C)C(C)C. The van der Waals surface area contributed by atoms with Crippen molar-refractivity contribution in [3.05, 3.63) is 23.9 Å². The number of nitrogens with one attached hydrogen (secondary N) is 1. The molecule has 0 amide bonds. The molecule has 16 heavy (non-hydrogen) atoms. The molecule has 90 valence electrons. The third-order valence-corrected chi connectivity index (χ3v) is 2.74. The van der Waals surface area contributed by atoms with E-state index in [0.29, 0.717) is 6.04 Å². The number of rotatable bonds is 6. The maximum Gasteiger partial charge on any atom is 0.130 e. The van der Waals surface area contributed by atoms with Gasteiger partial charge in [-0.15, -0.1) is 0 Å². The first-order valence-electron chi connectivity index (χ1n) is 6.03. The Hall–Kier alpha value is -1.09. The highest BCUT2D eigenvalue weighted by molar-refractivity contribution is 5.43. The zero-order valence-electron chi connectivity index (χ0n) is 10.8. The van der Waals surface area contributed by atoms with Crippen LogP contribution in [0.4, 0.5) is 5.82 Å². The monoisotopic (exact) mass is 221 g/mol. The van der Waals surface area contributed by atoms with Gasteiger partial charge in [-0.2, -0.15) is 0 Å². The van der Waals surface area contributed by atoms with Crippen molar-refractivity contribution in [2.24, 2.45) is 0 Å². The minimum atomic E-state index is 0.555. The van der Waals surface area contributed by atoms with Gasteiger partial charge in [0.2, 0.25) is 0 Å². The fourth-order valence-corrected chi connectivity index (χ4v) is 1.42. The van der Waals surface area contributed by atoms with E-state index < -0.39 is 0 Å². The van der Waals surface area contributed by atoms with E-state index in [4.69, 9.17) is 0 Å². The molecule has 0 unspecified atom stereocenters. The van der Waals surface area contributed by atoms with Crippen LogP contribution in [-0.2, 0) is 6.54 Å². The molecule has 0 aromatic carbocycles. The van der Waals surface area contributed by atoms with E-state index in [9.17, 15) is 0 Å².